The van der Waals surface area contributed by atoms with E-state index in [1.54, 1.807) is 0 Å². The van der Waals surface area contributed by atoms with E-state index in [-0.39, 0.29) is 5.91 Å². The molecule has 1 fully saturated rings. The third kappa shape index (κ3) is 5.50. The summed E-state index contributed by atoms with van der Waals surface area (Å²) in [6.45, 7) is 5.15. The van der Waals surface area contributed by atoms with Gasteiger partial charge in [-0.15, -0.1) is 0 Å². The summed E-state index contributed by atoms with van der Waals surface area (Å²) in [5, 5.41) is 6.48. The molecule has 0 aromatic heterocycles. The SMILES string of the molecule is CCC(CNC(=O)CCC1CCNCC1)c1ccccc1. The van der Waals surface area contributed by atoms with E-state index >= 15 is 0 Å². The second-order valence-corrected chi connectivity index (χ2v) is 6.05. The summed E-state index contributed by atoms with van der Waals surface area (Å²) >= 11 is 0. The zero-order chi connectivity index (χ0) is 14.9. The summed E-state index contributed by atoms with van der Waals surface area (Å²) in [5.74, 6) is 1.37. The van der Waals surface area contributed by atoms with Crippen molar-refractivity contribution in [3.63, 3.8) is 0 Å². The molecule has 0 bridgehead atoms. The van der Waals surface area contributed by atoms with Gasteiger partial charge in [-0.2, -0.15) is 0 Å². The lowest BCUT2D eigenvalue weighted by molar-refractivity contribution is -0.121. The second kappa shape index (κ2) is 8.83. The molecule has 3 heteroatoms. The van der Waals surface area contributed by atoms with Crippen LogP contribution in [0.2, 0.25) is 0 Å². The first-order valence-electron chi connectivity index (χ1n) is 8.32. The highest BCUT2D eigenvalue weighted by Crippen LogP contribution is 2.19. The molecular weight excluding hydrogens is 260 g/mol. The number of amides is 1. The number of piperidine rings is 1. The predicted octanol–water partition coefficient (Wildman–Crippen LogP) is 3.08. The van der Waals surface area contributed by atoms with E-state index in [9.17, 15) is 4.79 Å². The van der Waals surface area contributed by atoms with Gasteiger partial charge in [0.15, 0.2) is 0 Å². The predicted molar refractivity (Wildman–Crippen MR) is 87.3 cm³/mol. The quantitative estimate of drug-likeness (QED) is 0.809. The molecular formula is C18H28N2O. The number of rotatable bonds is 7. The molecule has 1 atom stereocenters. The van der Waals surface area contributed by atoms with E-state index in [0.717, 1.165) is 38.4 Å². The van der Waals surface area contributed by atoms with Gasteiger partial charge in [-0.1, -0.05) is 37.3 Å². The van der Waals surface area contributed by atoms with E-state index in [1.807, 2.05) is 6.07 Å². The average Bonchev–Trinajstić information content (AvgIpc) is 2.55. The van der Waals surface area contributed by atoms with Crippen LogP contribution >= 0.6 is 0 Å². The monoisotopic (exact) mass is 288 g/mol. The molecule has 0 spiro atoms. The van der Waals surface area contributed by atoms with Crippen LogP contribution in [0.4, 0.5) is 0 Å². The van der Waals surface area contributed by atoms with Crippen molar-refractivity contribution >= 4 is 5.91 Å². The Balaban J connectivity index is 1.69. The smallest absolute Gasteiger partial charge is 0.220 e. The first-order valence-corrected chi connectivity index (χ1v) is 8.32. The molecule has 3 nitrogen and oxygen atoms in total. The van der Waals surface area contributed by atoms with Gasteiger partial charge in [-0.25, -0.2) is 0 Å². The summed E-state index contributed by atoms with van der Waals surface area (Å²) in [7, 11) is 0. The number of benzene rings is 1. The highest BCUT2D eigenvalue weighted by Gasteiger charge is 2.15. The molecule has 2 N–H and O–H groups in total. The minimum absolute atomic E-state index is 0.211. The molecule has 1 saturated heterocycles. The molecule has 1 aromatic carbocycles. The van der Waals surface area contributed by atoms with E-state index in [2.05, 4.69) is 41.8 Å². The molecule has 0 radical (unpaired) electrons. The van der Waals surface area contributed by atoms with Gasteiger partial charge >= 0.3 is 0 Å². The third-order valence-electron chi connectivity index (χ3n) is 4.55. The lowest BCUT2D eigenvalue weighted by Crippen LogP contribution is -2.31. The van der Waals surface area contributed by atoms with Gasteiger partial charge in [0.25, 0.3) is 0 Å². The molecule has 1 aliphatic heterocycles. The van der Waals surface area contributed by atoms with Crippen LogP contribution in [-0.4, -0.2) is 25.5 Å². The van der Waals surface area contributed by atoms with Crippen LogP contribution in [-0.2, 0) is 4.79 Å². The van der Waals surface area contributed by atoms with Crippen LogP contribution in [0, 0.1) is 5.92 Å². The fourth-order valence-electron chi connectivity index (χ4n) is 3.05. The van der Waals surface area contributed by atoms with Crippen molar-refractivity contribution in [3.8, 4) is 0 Å². The maximum absolute atomic E-state index is 12.0. The summed E-state index contributed by atoms with van der Waals surface area (Å²) in [5.41, 5.74) is 1.32. The second-order valence-electron chi connectivity index (χ2n) is 6.05. The normalized spacial score (nSPS) is 17.4. The summed E-state index contributed by atoms with van der Waals surface area (Å²) < 4.78 is 0. The van der Waals surface area contributed by atoms with E-state index in [1.165, 1.54) is 18.4 Å². The van der Waals surface area contributed by atoms with Crippen molar-refractivity contribution in [2.75, 3.05) is 19.6 Å². The zero-order valence-electron chi connectivity index (χ0n) is 13.1. The average molecular weight is 288 g/mol. The molecule has 1 aliphatic rings. The molecule has 21 heavy (non-hydrogen) atoms. The lowest BCUT2D eigenvalue weighted by atomic mass is 9.93. The maximum atomic E-state index is 12.0. The largest absolute Gasteiger partial charge is 0.355 e. The standard InChI is InChI=1S/C18H28N2O/c1-2-16(17-6-4-3-5-7-17)14-20-18(21)9-8-15-10-12-19-13-11-15/h3-7,15-16,19H,2,8-14H2,1H3,(H,20,21). The number of nitrogens with one attached hydrogen (secondary N) is 2. The van der Waals surface area contributed by atoms with Crippen molar-refractivity contribution in [1.29, 1.82) is 0 Å². The number of hydrogen-bond donors (Lipinski definition) is 2. The molecule has 0 saturated carbocycles. The van der Waals surface area contributed by atoms with Crippen molar-refractivity contribution in [2.45, 2.75) is 44.9 Å². The van der Waals surface area contributed by atoms with Crippen LogP contribution in [0.25, 0.3) is 0 Å². The summed E-state index contributed by atoms with van der Waals surface area (Å²) in [6, 6.07) is 10.5. The highest BCUT2D eigenvalue weighted by atomic mass is 16.1. The van der Waals surface area contributed by atoms with Crippen molar-refractivity contribution in [1.82, 2.24) is 10.6 Å². The first kappa shape index (κ1) is 16.0. The molecule has 1 heterocycles. The third-order valence-corrected chi connectivity index (χ3v) is 4.55. The maximum Gasteiger partial charge on any atom is 0.220 e. The van der Waals surface area contributed by atoms with Gasteiger partial charge in [0.05, 0.1) is 0 Å². The fourth-order valence-corrected chi connectivity index (χ4v) is 3.05. The van der Waals surface area contributed by atoms with Crippen molar-refractivity contribution in [2.24, 2.45) is 5.92 Å². The van der Waals surface area contributed by atoms with Crippen molar-refractivity contribution < 1.29 is 4.79 Å². The fraction of sp³-hybridized carbons (Fsp3) is 0.611. The van der Waals surface area contributed by atoms with Crippen LogP contribution < -0.4 is 10.6 Å². The Morgan fingerprint density at radius 2 is 2.00 bits per heavy atom. The van der Waals surface area contributed by atoms with Crippen LogP contribution in [0.1, 0.15) is 50.5 Å². The minimum Gasteiger partial charge on any atom is -0.355 e. The Labute approximate surface area is 128 Å². The molecule has 0 aliphatic carbocycles. The highest BCUT2D eigenvalue weighted by molar-refractivity contribution is 5.75. The van der Waals surface area contributed by atoms with E-state index in [4.69, 9.17) is 0 Å². The van der Waals surface area contributed by atoms with Crippen molar-refractivity contribution in [3.05, 3.63) is 35.9 Å². The van der Waals surface area contributed by atoms with Crippen LogP contribution in [0.5, 0.6) is 0 Å². The first-order chi connectivity index (χ1) is 10.3. The molecule has 1 aromatic rings. The Morgan fingerprint density at radius 1 is 1.29 bits per heavy atom. The van der Waals surface area contributed by atoms with Gasteiger partial charge in [0.2, 0.25) is 5.91 Å². The molecule has 116 valence electrons. The number of hydrogen-bond acceptors (Lipinski definition) is 2. The topological polar surface area (TPSA) is 41.1 Å². The minimum atomic E-state index is 0.211. The Hall–Kier alpha value is -1.35. The number of carbonyl (C=O) groups is 1. The van der Waals surface area contributed by atoms with Gasteiger partial charge in [0.1, 0.15) is 0 Å². The van der Waals surface area contributed by atoms with Gasteiger partial charge in [-0.3, -0.25) is 4.79 Å². The van der Waals surface area contributed by atoms with E-state index in [0.29, 0.717) is 12.3 Å². The van der Waals surface area contributed by atoms with Crippen LogP contribution in [0.15, 0.2) is 30.3 Å². The number of carbonyl (C=O) groups excluding carboxylic acids is 1. The van der Waals surface area contributed by atoms with E-state index < -0.39 is 0 Å². The Morgan fingerprint density at radius 3 is 2.67 bits per heavy atom. The molecule has 1 amide bonds. The Bertz CT molecular complexity index is 412. The zero-order valence-corrected chi connectivity index (χ0v) is 13.1. The Kier molecular flexibility index (Phi) is 6.74. The van der Waals surface area contributed by atoms with Gasteiger partial charge in [-0.05, 0) is 50.3 Å². The van der Waals surface area contributed by atoms with Gasteiger partial charge < -0.3 is 10.6 Å². The lowest BCUT2D eigenvalue weighted by Gasteiger charge is -2.22. The summed E-state index contributed by atoms with van der Waals surface area (Å²) in [4.78, 5) is 12.0. The summed E-state index contributed by atoms with van der Waals surface area (Å²) in [6.07, 6.45) is 5.20. The molecule has 2 rings (SSSR count). The molecule has 1 unspecified atom stereocenters. The van der Waals surface area contributed by atoms with Gasteiger partial charge in [0, 0.05) is 18.9 Å². The van der Waals surface area contributed by atoms with Crippen LogP contribution in [0.3, 0.4) is 0 Å².